The van der Waals surface area contributed by atoms with E-state index in [1.54, 1.807) is 0 Å². The van der Waals surface area contributed by atoms with Crippen LogP contribution in [0.4, 0.5) is 0 Å². The van der Waals surface area contributed by atoms with Gasteiger partial charge in [0.1, 0.15) is 11.6 Å². The number of hydrogen-bond donors (Lipinski definition) is 1. The van der Waals surface area contributed by atoms with Crippen LogP contribution in [0.3, 0.4) is 0 Å². The largest absolute Gasteiger partial charge is 0.324 e. The summed E-state index contributed by atoms with van der Waals surface area (Å²) in [6.45, 7) is 5.80. The van der Waals surface area contributed by atoms with Gasteiger partial charge in [-0.15, -0.1) is 0 Å². The Hall–Kier alpha value is -1.68. The molecule has 4 nitrogen and oxygen atoms in total. The first-order valence-electron chi connectivity index (χ1n) is 5.34. The van der Waals surface area contributed by atoms with Crippen molar-refractivity contribution < 1.29 is 0 Å². The van der Waals surface area contributed by atoms with Crippen LogP contribution in [0, 0.1) is 13.8 Å². The van der Waals surface area contributed by atoms with E-state index in [0.29, 0.717) is 0 Å². The van der Waals surface area contributed by atoms with Crippen molar-refractivity contribution in [3.63, 3.8) is 0 Å². The normalized spacial score (nSPS) is 12.8. The van der Waals surface area contributed by atoms with Crippen LogP contribution in [0.5, 0.6) is 0 Å². The highest BCUT2D eigenvalue weighted by Gasteiger charge is 2.05. The minimum absolute atomic E-state index is 0.0626. The Morgan fingerprint density at radius 1 is 1.19 bits per heavy atom. The van der Waals surface area contributed by atoms with E-state index in [0.717, 1.165) is 22.9 Å². The Morgan fingerprint density at radius 3 is 2.25 bits per heavy atom. The van der Waals surface area contributed by atoms with Gasteiger partial charge in [-0.3, -0.25) is 0 Å². The summed E-state index contributed by atoms with van der Waals surface area (Å²) in [7, 11) is 0. The summed E-state index contributed by atoms with van der Waals surface area (Å²) in [6.07, 6.45) is 0. The molecule has 2 aromatic rings. The molecule has 0 radical (unpaired) electrons. The third-order valence-corrected chi connectivity index (χ3v) is 2.54. The molecule has 0 spiro atoms. The van der Waals surface area contributed by atoms with Crippen molar-refractivity contribution >= 4 is 0 Å². The fourth-order valence-electron chi connectivity index (χ4n) is 1.68. The fourth-order valence-corrected chi connectivity index (χ4v) is 1.68. The van der Waals surface area contributed by atoms with Crippen molar-refractivity contribution in [3.8, 4) is 5.69 Å². The van der Waals surface area contributed by atoms with E-state index in [2.05, 4.69) is 10.1 Å². The molecule has 0 aliphatic heterocycles. The summed E-state index contributed by atoms with van der Waals surface area (Å²) in [5, 5.41) is 4.33. The molecule has 0 saturated carbocycles. The van der Waals surface area contributed by atoms with Crippen LogP contribution in [-0.4, -0.2) is 14.8 Å². The van der Waals surface area contributed by atoms with Crippen LogP contribution < -0.4 is 5.73 Å². The molecule has 0 aliphatic rings. The van der Waals surface area contributed by atoms with E-state index in [1.807, 2.05) is 49.7 Å². The maximum Gasteiger partial charge on any atom is 0.148 e. The lowest BCUT2D eigenvalue weighted by molar-refractivity contribution is 0.807. The van der Waals surface area contributed by atoms with Gasteiger partial charge in [0.2, 0.25) is 0 Å². The maximum atomic E-state index is 5.80. The highest BCUT2D eigenvalue weighted by molar-refractivity contribution is 5.35. The van der Waals surface area contributed by atoms with Gasteiger partial charge < -0.3 is 5.73 Å². The Labute approximate surface area is 95.1 Å². The van der Waals surface area contributed by atoms with Gasteiger partial charge in [0.05, 0.1) is 5.69 Å². The molecule has 0 saturated heterocycles. The summed E-state index contributed by atoms with van der Waals surface area (Å²) in [5.41, 5.74) is 7.94. The Balaban J connectivity index is 2.38. The highest BCUT2D eigenvalue weighted by atomic mass is 15.3. The first-order valence-corrected chi connectivity index (χ1v) is 5.34. The Morgan fingerprint density at radius 2 is 1.81 bits per heavy atom. The monoisotopic (exact) mass is 216 g/mol. The van der Waals surface area contributed by atoms with E-state index in [4.69, 9.17) is 5.73 Å². The molecule has 1 unspecified atom stereocenters. The fraction of sp³-hybridized carbons (Fsp3) is 0.333. The molecule has 1 heterocycles. The van der Waals surface area contributed by atoms with Gasteiger partial charge in [0.25, 0.3) is 0 Å². The Bertz CT molecular complexity index is 482. The van der Waals surface area contributed by atoms with Crippen molar-refractivity contribution in [3.05, 3.63) is 41.5 Å². The lowest BCUT2D eigenvalue weighted by atomic mass is 10.1. The zero-order valence-electron chi connectivity index (χ0n) is 9.81. The van der Waals surface area contributed by atoms with Gasteiger partial charge in [-0.1, -0.05) is 12.1 Å². The number of benzene rings is 1. The van der Waals surface area contributed by atoms with Crippen LogP contribution in [-0.2, 0) is 0 Å². The summed E-state index contributed by atoms with van der Waals surface area (Å²) >= 11 is 0. The van der Waals surface area contributed by atoms with E-state index in [1.165, 1.54) is 0 Å². The van der Waals surface area contributed by atoms with Gasteiger partial charge in [-0.2, -0.15) is 5.10 Å². The quantitative estimate of drug-likeness (QED) is 0.834. The molecule has 1 atom stereocenters. The zero-order valence-corrected chi connectivity index (χ0v) is 9.81. The lowest BCUT2D eigenvalue weighted by Crippen LogP contribution is -2.05. The smallest absolute Gasteiger partial charge is 0.148 e. The minimum Gasteiger partial charge on any atom is -0.324 e. The molecule has 1 aromatic heterocycles. The van der Waals surface area contributed by atoms with Crippen LogP contribution in [0.25, 0.3) is 5.69 Å². The molecule has 2 N–H and O–H groups in total. The maximum absolute atomic E-state index is 5.80. The molecule has 1 aromatic carbocycles. The summed E-state index contributed by atoms with van der Waals surface area (Å²) in [6, 6.07) is 8.14. The van der Waals surface area contributed by atoms with Gasteiger partial charge in [0, 0.05) is 6.04 Å². The zero-order chi connectivity index (χ0) is 11.7. The topological polar surface area (TPSA) is 56.7 Å². The molecular weight excluding hydrogens is 200 g/mol. The third kappa shape index (κ3) is 1.97. The minimum atomic E-state index is 0.0626. The number of rotatable bonds is 2. The predicted molar refractivity (Wildman–Crippen MR) is 63.4 cm³/mol. The van der Waals surface area contributed by atoms with Crippen LogP contribution in [0.1, 0.15) is 30.2 Å². The second-order valence-electron chi connectivity index (χ2n) is 4.00. The van der Waals surface area contributed by atoms with Gasteiger partial charge in [-0.25, -0.2) is 9.67 Å². The van der Waals surface area contributed by atoms with E-state index >= 15 is 0 Å². The van der Waals surface area contributed by atoms with Crippen molar-refractivity contribution in [1.29, 1.82) is 0 Å². The van der Waals surface area contributed by atoms with Crippen molar-refractivity contribution in [2.45, 2.75) is 26.8 Å². The number of aryl methyl sites for hydroxylation is 2. The average Bonchev–Trinajstić information content (AvgIpc) is 2.58. The van der Waals surface area contributed by atoms with E-state index in [9.17, 15) is 0 Å². The molecular formula is C12H16N4. The molecule has 4 heteroatoms. The second kappa shape index (κ2) is 4.06. The number of hydrogen-bond acceptors (Lipinski definition) is 3. The lowest BCUT2D eigenvalue weighted by Gasteiger charge is -2.07. The van der Waals surface area contributed by atoms with Crippen LogP contribution in [0.2, 0.25) is 0 Å². The van der Waals surface area contributed by atoms with E-state index in [-0.39, 0.29) is 6.04 Å². The number of nitrogens with zero attached hydrogens (tertiary/aromatic N) is 3. The van der Waals surface area contributed by atoms with Gasteiger partial charge in [0.15, 0.2) is 0 Å². The SMILES string of the molecule is Cc1nc(C)n(-c2ccc(C(C)N)cc2)n1. The molecule has 16 heavy (non-hydrogen) atoms. The van der Waals surface area contributed by atoms with Crippen LogP contribution >= 0.6 is 0 Å². The van der Waals surface area contributed by atoms with Gasteiger partial charge >= 0.3 is 0 Å². The highest BCUT2D eigenvalue weighted by Crippen LogP contribution is 2.14. The third-order valence-electron chi connectivity index (χ3n) is 2.54. The van der Waals surface area contributed by atoms with E-state index < -0.39 is 0 Å². The standard InChI is InChI=1S/C12H16N4/c1-8(13)11-4-6-12(7-5-11)16-10(3)14-9(2)15-16/h4-8H,13H2,1-3H3. The van der Waals surface area contributed by atoms with Gasteiger partial charge in [-0.05, 0) is 38.5 Å². The Kier molecular flexibility index (Phi) is 2.75. The summed E-state index contributed by atoms with van der Waals surface area (Å²) in [4.78, 5) is 4.27. The molecule has 2 rings (SSSR count). The predicted octanol–water partition coefficient (Wildman–Crippen LogP) is 1.90. The molecule has 84 valence electrons. The molecule has 0 bridgehead atoms. The number of aromatic nitrogens is 3. The summed E-state index contributed by atoms with van der Waals surface area (Å²) in [5.74, 6) is 1.68. The van der Waals surface area contributed by atoms with Crippen molar-refractivity contribution in [2.75, 3.05) is 0 Å². The van der Waals surface area contributed by atoms with Crippen molar-refractivity contribution in [1.82, 2.24) is 14.8 Å². The summed E-state index contributed by atoms with van der Waals surface area (Å²) < 4.78 is 1.83. The second-order valence-corrected chi connectivity index (χ2v) is 4.00. The molecule has 0 aliphatic carbocycles. The molecule has 0 fully saturated rings. The average molecular weight is 216 g/mol. The molecule has 0 amide bonds. The van der Waals surface area contributed by atoms with Crippen molar-refractivity contribution in [2.24, 2.45) is 5.73 Å². The first-order chi connectivity index (χ1) is 7.58. The number of nitrogens with two attached hydrogens (primary N) is 1. The van der Waals surface area contributed by atoms with Crippen LogP contribution in [0.15, 0.2) is 24.3 Å². The first kappa shape index (κ1) is 10.8.